The summed E-state index contributed by atoms with van der Waals surface area (Å²) in [5, 5.41) is 3.68. The van der Waals surface area contributed by atoms with Gasteiger partial charge in [-0.2, -0.15) is 13.2 Å². The van der Waals surface area contributed by atoms with Crippen molar-refractivity contribution in [3.63, 3.8) is 0 Å². The van der Waals surface area contributed by atoms with Gasteiger partial charge in [0, 0.05) is 79.3 Å². The summed E-state index contributed by atoms with van der Waals surface area (Å²) in [7, 11) is 1.52. The molecule has 4 rings (SSSR count). The van der Waals surface area contributed by atoms with Gasteiger partial charge in [0.25, 0.3) is 6.85 Å². The van der Waals surface area contributed by atoms with Crippen molar-refractivity contribution in [2.45, 2.75) is 90.6 Å². The van der Waals surface area contributed by atoms with Crippen LogP contribution in [-0.4, -0.2) is 48.9 Å². The molecule has 0 fully saturated rings. The minimum atomic E-state index is -4.20. The van der Waals surface area contributed by atoms with Crippen LogP contribution in [0.5, 0.6) is 5.75 Å². The molecule has 0 bridgehead atoms. The highest BCUT2D eigenvalue weighted by Crippen LogP contribution is 2.44. The van der Waals surface area contributed by atoms with E-state index in [0.29, 0.717) is 35.9 Å². The second-order valence-electron chi connectivity index (χ2n) is 13.1. The Morgan fingerprint density at radius 1 is 1.22 bits per heavy atom. The van der Waals surface area contributed by atoms with Crippen molar-refractivity contribution in [2.75, 3.05) is 25.6 Å². The molecule has 0 amide bonds. The third-order valence-corrected chi connectivity index (χ3v) is 9.74. The number of anilines is 1. The molecular formula is C38H47BClF5N4O2. The van der Waals surface area contributed by atoms with E-state index in [1.807, 2.05) is 20.7 Å². The minimum absolute atomic E-state index is 0.0372. The Morgan fingerprint density at radius 3 is 2.63 bits per heavy atom. The topological polar surface area (TPSA) is 59.0 Å². The molecule has 1 aromatic heterocycles. The summed E-state index contributed by atoms with van der Waals surface area (Å²) < 4.78 is 79.9. The Bertz CT molecular complexity index is 1620. The number of alkyl halides is 3. The molecule has 2 aromatic rings. The van der Waals surface area contributed by atoms with Crippen LogP contribution in [0.15, 0.2) is 83.1 Å². The zero-order valence-corrected chi connectivity index (χ0v) is 30.5. The fraction of sp³-hybridized carbons (Fsp3) is 0.474. The van der Waals surface area contributed by atoms with Crippen molar-refractivity contribution in [3.8, 4) is 5.75 Å². The van der Waals surface area contributed by atoms with Crippen LogP contribution in [0.4, 0.5) is 27.6 Å². The van der Waals surface area contributed by atoms with Crippen LogP contribution >= 0.6 is 11.6 Å². The SMILES string of the molecule is C=C(Nc1ccncc1Cl)/C(=C\N=C(C)C1B(C)N(Cc2c(F)cc(OCCOC)cc2F)C2=C1C=CCC2)C(CCC)CCCCC(F)(F)F. The summed E-state index contributed by atoms with van der Waals surface area (Å²) in [6.45, 7) is 10.7. The molecule has 0 saturated heterocycles. The number of benzene rings is 1. The van der Waals surface area contributed by atoms with Gasteiger partial charge in [-0.3, -0.25) is 9.98 Å². The maximum Gasteiger partial charge on any atom is 0.389 e. The van der Waals surface area contributed by atoms with Crippen LogP contribution in [0.1, 0.15) is 70.8 Å². The number of ether oxygens (including phenoxy) is 2. The molecule has 2 atom stereocenters. The molecule has 13 heteroatoms. The van der Waals surface area contributed by atoms with E-state index < -0.39 is 24.2 Å². The lowest BCUT2D eigenvalue weighted by atomic mass is 9.51. The average molecular weight is 733 g/mol. The molecule has 2 aliphatic rings. The third kappa shape index (κ3) is 10.9. The fourth-order valence-corrected chi connectivity index (χ4v) is 7.07. The number of halogens is 6. The van der Waals surface area contributed by atoms with Crippen molar-refractivity contribution in [3.05, 3.63) is 100 Å². The van der Waals surface area contributed by atoms with Crippen LogP contribution < -0.4 is 10.1 Å². The van der Waals surface area contributed by atoms with Gasteiger partial charge in [-0.25, -0.2) is 8.78 Å². The van der Waals surface area contributed by atoms with E-state index >= 15 is 8.78 Å². The predicted molar refractivity (Wildman–Crippen MR) is 196 cm³/mol. The van der Waals surface area contributed by atoms with Crippen LogP contribution in [0.2, 0.25) is 17.7 Å². The molecule has 0 saturated carbocycles. The average Bonchev–Trinajstić information content (AvgIpc) is 3.35. The second-order valence-corrected chi connectivity index (χ2v) is 13.5. The highest BCUT2D eigenvalue weighted by atomic mass is 35.5. The maximum absolute atomic E-state index is 15.3. The first-order chi connectivity index (χ1) is 24.3. The van der Waals surface area contributed by atoms with Crippen LogP contribution in [-0.2, 0) is 11.3 Å². The summed E-state index contributed by atoms with van der Waals surface area (Å²) in [6, 6.07) is 4.14. The molecule has 0 spiro atoms. The van der Waals surface area contributed by atoms with E-state index in [2.05, 4.69) is 33.8 Å². The Hall–Kier alpha value is -3.64. The van der Waals surface area contributed by atoms with Gasteiger partial charge < -0.3 is 19.6 Å². The Morgan fingerprint density at radius 2 is 1.96 bits per heavy atom. The van der Waals surface area contributed by atoms with Crippen LogP contribution in [0.25, 0.3) is 0 Å². The number of rotatable bonds is 18. The van der Waals surface area contributed by atoms with E-state index in [1.54, 1.807) is 18.5 Å². The monoisotopic (exact) mass is 732 g/mol. The van der Waals surface area contributed by atoms with Gasteiger partial charge in [-0.1, -0.05) is 56.9 Å². The zero-order chi connectivity index (χ0) is 37.1. The first-order valence-electron chi connectivity index (χ1n) is 17.5. The van der Waals surface area contributed by atoms with Gasteiger partial charge in [0.1, 0.15) is 24.0 Å². The number of allylic oxidation sites excluding steroid dienone is 5. The molecule has 1 aliphatic carbocycles. The molecule has 2 heterocycles. The van der Waals surface area contributed by atoms with E-state index in [9.17, 15) is 13.2 Å². The summed E-state index contributed by atoms with van der Waals surface area (Å²) in [5.41, 5.74) is 4.78. The van der Waals surface area contributed by atoms with Gasteiger partial charge >= 0.3 is 6.18 Å². The number of methoxy groups -OCH3 is 1. The van der Waals surface area contributed by atoms with E-state index in [0.717, 1.165) is 48.2 Å². The normalized spacial score (nSPS) is 17.3. The standard InChI is InChI=1S/C38H47BClF5N4O2/c1-6-11-27(12-9-10-16-38(43,44)45)30(25(2)48-35-15-17-46-23-32(35)40)22-47-26(3)37-29-13-7-8-14-36(29)49(39(37)4)24-31-33(41)20-28(21-34(31)42)51-19-18-50-5/h7,13,15,17,20-23,27,37H,2,6,8-12,14,16,18-19,24H2,1,3-5H3,(H,46,48)/b30-22+,47-26?. The number of unbranched alkanes of at least 4 members (excludes halogenated alkanes) is 1. The molecule has 276 valence electrons. The largest absolute Gasteiger partial charge is 0.491 e. The van der Waals surface area contributed by atoms with Gasteiger partial charge in [0.2, 0.25) is 0 Å². The number of aromatic nitrogens is 1. The molecule has 1 aliphatic heterocycles. The Balaban J connectivity index is 1.64. The number of nitrogens with zero attached hydrogens (tertiary/aromatic N) is 3. The molecule has 6 nitrogen and oxygen atoms in total. The number of hydrogen-bond acceptors (Lipinski definition) is 6. The van der Waals surface area contributed by atoms with E-state index in [4.69, 9.17) is 26.1 Å². The Kier molecular flexibility index (Phi) is 14.7. The first kappa shape index (κ1) is 40.1. The molecular weight excluding hydrogens is 686 g/mol. The fourth-order valence-electron chi connectivity index (χ4n) is 6.90. The lowest BCUT2D eigenvalue weighted by Crippen LogP contribution is -2.36. The van der Waals surface area contributed by atoms with Crippen molar-refractivity contribution in [2.24, 2.45) is 10.9 Å². The van der Waals surface area contributed by atoms with Gasteiger partial charge in [0.05, 0.1) is 17.3 Å². The van der Waals surface area contributed by atoms with Gasteiger partial charge in [0.15, 0.2) is 0 Å². The maximum atomic E-state index is 15.3. The molecule has 0 radical (unpaired) electrons. The third-order valence-electron chi connectivity index (χ3n) is 9.44. The quantitative estimate of drug-likeness (QED) is 0.0544. The number of pyridine rings is 1. The van der Waals surface area contributed by atoms with Crippen molar-refractivity contribution < 1.29 is 31.4 Å². The Labute approximate surface area is 303 Å². The zero-order valence-electron chi connectivity index (χ0n) is 29.8. The van der Waals surface area contributed by atoms with Crippen molar-refractivity contribution >= 4 is 29.8 Å². The summed E-state index contributed by atoms with van der Waals surface area (Å²) in [5.74, 6) is -1.52. The lowest BCUT2D eigenvalue weighted by molar-refractivity contribution is -0.135. The van der Waals surface area contributed by atoms with E-state index in [1.165, 1.54) is 25.4 Å². The summed E-state index contributed by atoms with van der Waals surface area (Å²) in [6.07, 6.45) is 8.11. The van der Waals surface area contributed by atoms with Crippen molar-refractivity contribution in [1.29, 1.82) is 0 Å². The van der Waals surface area contributed by atoms with E-state index in [-0.39, 0.29) is 49.5 Å². The van der Waals surface area contributed by atoms with Crippen molar-refractivity contribution in [1.82, 2.24) is 9.79 Å². The highest BCUT2D eigenvalue weighted by Gasteiger charge is 2.42. The van der Waals surface area contributed by atoms with Crippen LogP contribution in [0, 0.1) is 17.6 Å². The number of aliphatic imine (C=N–C) groups is 1. The predicted octanol–water partition coefficient (Wildman–Crippen LogP) is 11.0. The summed E-state index contributed by atoms with van der Waals surface area (Å²) in [4.78, 5) is 11.1. The molecule has 2 unspecified atom stereocenters. The molecule has 1 aromatic carbocycles. The molecule has 1 N–H and O–H groups in total. The number of hydrogen-bond donors (Lipinski definition) is 1. The van der Waals surface area contributed by atoms with Gasteiger partial charge in [-0.15, -0.1) is 0 Å². The van der Waals surface area contributed by atoms with Gasteiger partial charge in [-0.05, 0) is 62.2 Å². The number of nitrogens with one attached hydrogen (secondary N) is 1. The lowest BCUT2D eigenvalue weighted by Gasteiger charge is -2.29. The highest BCUT2D eigenvalue weighted by molar-refractivity contribution is 6.63. The second kappa shape index (κ2) is 18.7. The first-order valence-corrected chi connectivity index (χ1v) is 17.8. The molecule has 51 heavy (non-hydrogen) atoms. The summed E-state index contributed by atoms with van der Waals surface area (Å²) >= 11 is 6.38. The smallest absolute Gasteiger partial charge is 0.389 e. The van der Waals surface area contributed by atoms with Crippen LogP contribution in [0.3, 0.4) is 0 Å². The minimum Gasteiger partial charge on any atom is -0.491 e.